The van der Waals surface area contributed by atoms with Crippen LogP contribution < -0.4 is 0 Å². The predicted octanol–water partition coefficient (Wildman–Crippen LogP) is 2.13. The minimum absolute atomic E-state index is 0.308. The van der Waals surface area contributed by atoms with Crippen LogP contribution in [-0.4, -0.2) is 36.7 Å². The van der Waals surface area contributed by atoms with E-state index in [9.17, 15) is 19.6 Å². The largest absolute Gasteiger partial charge is 0.457 e. The molecule has 2 aliphatic carbocycles. The van der Waals surface area contributed by atoms with E-state index in [-0.39, 0.29) is 0 Å². The van der Waals surface area contributed by atoms with Gasteiger partial charge in [0.2, 0.25) is 0 Å². The van der Waals surface area contributed by atoms with Crippen LogP contribution in [-0.2, 0) is 28.6 Å². The van der Waals surface area contributed by atoms with E-state index >= 15 is 0 Å². The van der Waals surface area contributed by atoms with Crippen molar-refractivity contribution in [1.82, 2.24) is 0 Å². The summed E-state index contributed by atoms with van der Waals surface area (Å²) in [5, 5.41) is 9.61. The fourth-order valence-electron chi connectivity index (χ4n) is 4.87. The number of carbonyl (C=O) groups is 3. The Morgan fingerprint density at radius 1 is 1.35 bits per heavy atom. The van der Waals surface area contributed by atoms with E-state index in [1.54, 1.807) is 13.8 Å². The Labute approximate surface area is 153 Å². The highest BCUT2D eigenvalue weighted by molar-refractivity contribution is 5.86. The second kappa shape index (κ2) is 5.45. The fourth-order valence-corrected chi connectivity index (χ4v) is 4.87. The zero-order valence-corrected chi connectivity index (χ0v) is 15.9. The van der Waals surface area contributed by atoms with Gasteiger partial charge in [0.1, 0.15) is 12.2 Å². The number of nitrogens with zero attached hydrogens (tertiary/aromatic N) is 1. The van der Waals surface area contributed by atoms with Crippen molar-refractivity contribution in [2.24, 2.45) is 21.7 Å². The molecule has 26 heavy (non-hydrogen) atoms. The summed E-state index contributed by atoms with van der Waals surface area (Å²) < 4.78 is 16.1. The lowest BCUT2D eigenvalue weighted by atomic mass is 9.63. The van der Waals surface area contributed by atoms with E-state index in [4.69, 9.17) is 14.2 Å². The van der Waals surface area contributed by atoms with Gasteiger partial charge in [-0.1, -0.05) is 20.8 Å². The maximum absolute atomic E-state index is 12.3. The molecule has 142 valence electrons. The van der Waals surface area contributed by atoms with Gasteiger partial charge < -0.3 is 14.2 Å². The van der Waals surface area contributed by atoms with Crippen molar-refractivity contribution in [1.29, 1.82) is 5.26 Å². The molecule has 0 radical (unpaired) electrons. The van der Waals surface area contributed by atoms with Gasteiger partial charge in [0, 0.05) is 10.8 Å². The van der Waals surface area contributed by atoms with E-state index < -0.39 is 58.4 Å². The quantitative estimate of drug-likeness (QED) is 0.544. The molecule has 2 bridgehead atoms. The number of hydrogen-bond donors (Lipinski definition) is 0. The molecule has 3 aliphatic rings. The van der Waals surface area contributed by atoms with Crippen molar-refractivity contribution < 1.29 is 28.6 Å². The molecule has 0 amide bonds. The lowest BCUT2D eigenvalue weighted by Gasteiger charge is -2.37. The summed E-state index contributed by atoms with van der Waals surface area (Å²) in [5.74, 6) is -1.65. The van der Waals surface area contributed by atoms with Crippen molar-refractivity contribution >= 4 is 17.9 Å². The molecule has 2 saturated carbocycles. The zero-order chi connectivity index (χ0) is 19.5. The molecule has 3 rings (SSSR count). The van der Waals surface area contributed by atoms with Gasteiger partial charge in [-0.15, -0.1) is 0 Å². The summed E-state index contributed by atoms with van der Waals surface area (Å²) in [6.45, 7) is 8.66. The second-order valence-corrected chi connectivity index (χ2v) is 8.99. The second-order valence-electron chi connectivity index (χ2n) is 8.99. The smallest absolute Gasteiger partial charge is 0.344 e. The van der Waals surface area contributed by atoms with Gasteiger partial charge in [-0.05, 0) is 33.1 Å². The lowest BCUT2D eigenvalue weighted by Crippen LogP contribution is -2.48. The zero-order valence-electron chi connectivity index (χ0n) is 15.9. The highest BCUT2D eigenvalue weighted by atomic mass is 16.6. The Bertz CT molecular complexity index is 724. The third-order valence-electron chi connectivity index (χ3n) is 6.79. The Morgan fingerprint density at radius 2 is 2.00 bits per heavy atom. The van der Waals surface area contributed by atoms with Gasteiger partial charge in [0.05, 0.1) is 11.5 Å². The van der Waals surface area contributed by atoms with E-state index in [2.05, 4.69) is 6.07 Å². The van der Waals surface area contributed by atoms with Crippen LogP contribution in [0.3, 0.4) is 0 Å². The molecular weight excluding hydrogens is 338 g/mol. The minimum Gasteiger partial charge on any atom is -0.457 e. The molecule has 5 atom stereocenters. The summed E-state index contributed by atoms with van der Waals surface area (Å²) in [7, 11) is 0. The fraction of sp³-hybridized carbons (Fsp3) is 0.789. The number of rotatable bonds is 5. The molecule has 0 aromatic heterocycles. The molecule has 1 aliphatic heterocycles. The average Bonchev–Trinajstić information content (AvgIpc) is 3.00. The molecule has 0 N–H and O–H groups in total. The van der Waals surface area contributed by atoms with Gasteiger partial charge in [-0.25, -0.2) is 4.79 Å². The maximum atomic E-state index is 12.3. The third-order valence-corrected chi connectivity index (χ3v) is 6.79. The van der Waals surface area contributed by atoms with Crippen molar-refractivity contribution in [3.63, 3.8) is 0 Å². The molecule has 0 aromatic rings. The number of fused-ring (bicyclic) bond motifs is 1. The number of nitriles is 1. The summed E-state index contributed by atoms with van der Waals surface area (Å²) in [6, 6.07) is 2.17. The molecule has 0 spiro atoms. The van der Waals surface area contributed by atoms with Crippen LogP contribution in [0.2, 0.25) is 0 Å². The Hall–Kier alpha value is -2.10. The van der Waals surface area contributed by atoms with Gasteiger partial charge in [0.25, 0.3) is 0 Å². The SMILES string of the molecule is CCC(C)(C)C(=O)OCC(=O)OC1C2OC(=O)C3(C#N)CC1(C)CC23C. The van der Waals surface area contributed by atoms with Gasteiger partial charge in [-0.3, -0.25) is 9.59 Å². The van der Waals surface area contributed by atoms with Crippen LogP contribution in [0.1, 0.15) is 53.9 Å². The monoisotopic (exact) mass is 363 g/mol. The first-order valence-electron chi connectivity index (χ1n) is 8.95. The van der Waals surface area contributed by atoms with Gasteiger partial charge in [-0.2, -0.15) is 5.26 Å². The Morgan fingerprint density at radius 3 is 2.58 bits per heavy atom. The first kappa shape index (κ1) is 18.7. The van der Waals surface area contributed by atoms with Crippen LogP contribution in [0.4, 0.5) is 0 Å². The highest BCUT2D eigenvalue weighted by Gasteiger charge is 2.82. The normalized spacial score (nSPS) is 40.1. The topological polar surface area (TPSA) is 103 Å². The van der Waals surface area contributed by atoms with Crippen LogP contribution in [0, 0.1) is 33.0 Å². The first-order valence-corrected chi connectivity index (χ1v) is 8.95. The number of carbonyl (C=O) groups excluding carboxylic acids is 3. The van der Waals surface area contributed by atoms with Crippen LogP contribution in [0.15, 0.2) is 0 Å². The van der Waals surface area contributed by atoms with Crippen molar-refractivity contribution in [3.05, 3.63) is 0 Å². The molecule has 0 aromatic carbocycles. The highest BCUT2D eigenvalue weighted by Crippen LogP contribution is 2.74. The lowest BCUT2D eigenvalue weighted by molar-refractivity contribution is -0.176. The minimum atomic E-state index is -1.16. The Balaban J connectivity index is 1.70. The number of hydrogen-bond acceptors (Lipinski definition) is 7. The maximum Gasteiger partial charge on any atom is 0.344 e. The van der Waals surface area contributed by atoms with E-state index in [0.29, 0.717) is 19.3 Å². The molecule has 5 unspecified atom stereocenters. The summed E-state index contributed by atoms with van der Waals surface area (Å²) >= 11 is 0. The van der Waals surface area contributed by atoms with Gasteiger partial charge in [0.15, 0.2) is 12.0 Å². The van der Waals surface area contributed by atoms with Crippen molar-refractivity contribution in [2.75, 3.05) is 6.61 Å². The van der Waals surface area contributed by atoms with E-state index in [1.807, 2.05) is 20.8 Å². The van der Waals surface area contributed by atoms with E-state index in [0.717, 1.165) is 0 Å². The number of ether oxygens (including phenoxy) is 3. The Kier molecular flexibility index (Phi) is 3.91. The molecule has 1 heterocycles. The molecular formula is C19H25NO6. The standard InChI is InChI=1S/C19H25NO6/c1-6-16(2,3)14(22)24-7-11(21)25-12-13-18(5)8-17(12,4)9-19(18,10-20)15(23)26-13/h12-13H,6-9H2,1-5H3. The first-order chi connectivity index (χ1) is 12.0. The molecule has 7 nitrogen and oxygen atoms in total. The number of esters is 3. The summed E-state index contributed by atoms with van der Waals surface area (Å²) in [4.78, 5) is 36.6. The summed E-state index contributed by atoms with van der Waals surface area (Å²) in [5.41, 5.74) is -3.00. The van der Waals surface area contributed by atoms with Gasteiger partial charge >= 0.3 is 17.9 Å². The van der Waals surface area contributed by atoms with Crippen LogP contribution >= 0.6 is 0 Å². The predicted molar refractivity (Wildman–Crippen MR) is 88.3 cm³/mol. The van der Waals surface area contributed by atoms with Crippen LogP contribution in [0.25, 0.3) is 0 Å². The molecule has 3 fully saturated rings. The van der Waals surface area contributed by atoms with E-state index in [1.165, 1.54) is 0 Å². The summed E-state index contributed by atoms with van der Waals surface area (Å²) in [6.07, 6.45) is 0.202. The van der Waals surface area contributed by atoms with Crippen molar-refractivity contribution in [2.45, 2.75) is 66.1 Å². The molecule has 7 heteroatoms. The molecule has 1 saturated heterocycles. The van der Waals surface area contributed by atoms with Crippen LogP contribution in [0.5, 0.6) is 0 Å². The third kappa shape index (κ3) is 2.20. The average molecular weight is 363 g/mol. The van der Waals surface area contributed by atoms with Crippen molar-refractivity contribution in [3.8, 4) is 6.07 Å².